The highest BCUT2D eigenvalue weighted by Gasteiger charge is 2.17. The van der Waals surface area contributed by atoms with Crippen LogP contribution < -0.4 is 10.4 Å². The third-order valence-corrected chi connectivity index (χ3v) is 1.95. The molecule has 1 heterocycles. The van der Waals surface area contributed by atoms with Gasteiger partial charge in [0.15, 0.2) is 11.4 Å². The molecule has 4 nitrogen and oxygen atoms in total. The van der Waals surface area contributed by atoms with E-state index in [1.165, 1.54) is 13.3 Å². The van der Waals surface area contributed by atoms with Gasteiger partial charge in [-0.2, -0.15) is 0 Å². The number of amidine groups is 1. The quantitative estimate of drug-likeness (QED) is 0.459. The molecule has 1 aromatic rings. The first-order valence-electron chi connectivity index (χ1n) is 4.17. The van der Waals surface area contributed by atoms with Gasteiger partial charge in [-0.1, -0.05) is 29.2 Å². The number of hydrogen-bond acceptors (Lipinski definition) is 3. The van der Waals surface area contributed by atoms with E-state index in [0.29, 0.717) is 4.76 Å². The molecule has 2 rings (SSSR count). The zero-order valence-electron chi connectivity index (χ0n) is 7.68. The highest BCUT2D eigenvalue weighted by atomic mass is 16.6. The fraction of sp³-hybridized carbons (Fsp3) is 0.100. The first-order valence-corrected chi connectivity index (χ1v) is 4.17. The van der Waals surface area contributed by atoms with Crippen LogP contribution in [0.4, 0.5) is 0 Å². The molecule has 0 spiro atoms. The van der Waals surface area contributed by atoms with Gasteiger partial charge in [-0.05, 0) is 5.22 Å². The zero-order valence-corrected chi connectivity index (χ0v) is 7.68. The number of nitrogens with zero attached hydrogens (tertiary/aromatic N) is 2. The van der Waals surface area contributed by atoms with Gasteiger partial charge >= 0.3 is 5.84 Å². The van der Waals surface area contributed by atoms with Crippen molar-refractivity contribution in [2.75, 3.05) is 7.11 Å². The van der Waals surface area contributed by atoms with Crippen LogP contribution in [-0.4, -0.2) is 17.7 Å². The third-order valence-electron chi connectivity index (χ3n) is 1.95. The average molecular weight is 189 g/mol. The molecule has 0 bridgehead atoms. The molecule has 0 unspecified atom stereocenters. The predicted octanol–water partition coefficient (Wildman–Crippen LogP) is -0.0425. The second kappa shape index (κ2) is 3.41. The van der Waals surface area contributed by atoms with E-state index in [9.17, 15) is 4.91 Å². The number of nitroso groups, excluding NO2 is 1. The van der Waals surface area contributed by atoms with Crippen molar-refractivity contribution in [3.8, 4) is 0 Å². The van der Waals surface area contributed by atoms with E-state index in [1.807, 2.05) is 24.3 Å². The van der Waals surface area contributed by atoms with Gasteiger partial charge in [0.05, 0.1) is 0 Å². The highest BCUT2D eigenvalue weighted by Crippen LogP contribution is 1.90. The van der Waals surface area contributed by atoms with Gasteiger partial charge in [-0.3, -0.25) is 0 Å². The summed E-state index contributed by atoms with van der Waals surface area (Å²) in [7, 11) is 1.41. The molecule has 0 aliphatic carbocycles. The maximum Gasteiger partial charge on any atom is 0.412 e. The Morgan fingerprint density at radius 1 is 1.29 bits per heavy atom. The van der Waals surface area contributed by atoms with Crippen molar-refractivity contribution in [2.45, 2.75) is 0 Å². The Kier molecular flexibility index (Phi) is 2.10. The van der Waals surface area contributed by atoms with E-state index >= 15 is 0 Å². The number of oxime groups is 1. The number of benzene rings is 1. The third kappa shape index (κ3) is 1.42. The van der Waals surface area contributed by atoms with Crippen LogP contribution in [0.25, 0.3) is 12.3 Å². The van der Waals surface area contributed by atoms with Gasteiger partial charge in [-0.15, -0.1) is 0 Å². The Morgan fingerprint density at radius 3 is 2.71 bits per heavy atom. The fourth-order valence-electron chi connectivity index (χ4n) is 1.32. The minimum Gasteiger partial charge on any atom is -0.301 e. The summed E-state index contributed by atoms with van der Waals surface area (Å²) in [6.07, 6.45) is 3.17. The first kappa shape index (κ1) is 8.62. The molecule has 70 valence electrons. The normalized spacial score (nSPS) is 16.9. The van der Waals surface area contributed by atoms with Crippen molar-refractivity contribution in [1.29, 1.82) is 0 Å². The lowest BCUT2D eigenvalue weighted by Crippen LogP contribution is -2.33. The standard InChI is InChI=1S/C10H9N2O2/c1-14-11-10-6-8-4-2-3-5-9(8)7-12(10)13/h2-7H,1H3/q+1. The highest BCUT2D eigenvalue weighted by molar-refractivity contribution is 6.03. The summed E-state index contributed by atoms with van der Waals surface area (Å²) in [5, 5.41) is 5.46. The summed E-state index contributed by atoms with van der Waals surface area (Å²) in [5.41, 5.74) is 0. The van der Waals surface area contributed by atoms with E-state index in [1.54, 1.807) is 6.08 Å². The molecule has 0 saturated heterocycles. The lowest BCUT2D eigenvalue weighted by atomic mass is 10.2. The molecule has 4 heteroatoms. The van der Waals surface area contributed by atoms with E-state index in [2.05, 4.69) is 9.99 Å². The summed E-state index contributed by atoms with van der Waals surface area (Å²) in [6.45, 7) is 0. The van der Waals surface area contributed by atoms with Gasteiger partial charge in [0.1, 0.15) is 7.11 Å². The van der Waals surface area contributed by atoms with E-state index in [4.69, 9.17) is 0 Å². The van der Waals surface area contributed by atoms with Gasteiger partial charge in [0.2, 0.25) is 0 Å². The molecule has 1 aliphatic heterocycles. The minimum absolute atomic E-state index is 0.256. The smallest absolute Gasteiger partial charge is 0.301 e. The molecule has 14 heavy (non-hydrogen) atoms. The van der Waals surface area contributed by atoms with Crippen LogP contribution in [0.5, 0.6) is 0 Å². The fourth-order valence-corrected chi connectivity index (χ4v) is 1.32. The molecule has 1 aromatic carbocycles. The summed E-state index contributed by atoms with van der Waals surface area (Å²) < 4.78 is 0.686. The van der Waals surface area contributed by atoms with Crippen molar-refractivity contribution in [3.05, 3.63) is 39.6 Å². The van der Waals surface area contributed by atoms with E-state index in [0.717, 1.165) is 10.4 Å². The van der Waals surface area contributed by atoms with Crippen molar-refractivity contribution >= 4 is 18.1 Å². The molecular weight excluding hydrogens is 180 g/mol. The molecule has 0 radical (unpaired) electrons. The summed E-state index contributed by atoms with van der Waals surface area (Å²) in [4.78, 5) is 15.9. The van der Waals surface area contributed by atoms with Crippen LogP contribution in [0.1, 0.15) is 0 Å². The second-order valence-corrected chi connectivity index (χ2v) is 2.86. The molecule has 0 N–H and O–H groups in total. The van der Waals surface area contributed by atoms with Crippen molar-refractivity contribution < 1.29 is 9.60 Å². The molecule has 0 saturated carbocycles. The number of hydrogen-bond donors (Lipinski definition) is 0. The van der Waals surface area contributed by atoms with Crippen LogP contribution in [0, 0.1) is 4.91 Å². The van der Waals surface area contributed by atoms with Gasteiger partial charge < -0.3 is 4.84 Å². The Bertz CT molecular complexity index is 517. The summed E-state index contributed by atoms with van der Waals surface area (Å²) >= 11 is 0. The predicted molar refractivity (Wildman–Crippen MR) is 52.7 cm³/mol. The van der Waals surface area contributed by atoms with Gasteiger partial charge in [-0.25, -0.2) is 0 Å². The summed E-state index contributed by atoms with van der Waals surface area (Å²) in [5.74, 6) is 0.256. The lowest BCUT2D eigenvalue weighted by molar-refractivity contribution is -0.309. The number of rotatable bonds is 1. The summed E-state index contributed by atoms with van der Waals surface area (Å²) in [6, 6.07) is 7.59. The van der Waals surface area contributed by atoms with Gasteiger partial charge in [0.25, 0.3) is 0 Å². The minimum atomic E-state index is 0.256. The maximum atomic E-state index is 11.4. The molecular formula is C10H9N2O2+. The van der Waals surface area contributed by atoms with Crippen LogP contribution in [0.15, 0.2) is 29.4 Å². The zero-order chi connectivity index (χ0) is 9.97. The van der Waals surface area contributed by atoms with Gasteiger partial charge in [0, 0.05) is 16.1 Å². The number of fused-ring (bicyclic) bond motifs is 1. The Balaban J connectivity index is 2.67. The average Bonchev–Trinajstić information content (AvgIpc) is 2.19. The molecule has 0 atom stereocenters. The van der Waals surface area contributed by atoms with Crippen LogP contribution in [0.2, 0.25) is 0 Å². The topological polar surface area (TPSA) is 41.7 Å². The van der Waals surface area contributed by atoms with E-state index in [-0.39, 0.29) is 5.84 Å². The van der Waals surface area contributed by atoms with Crippen LogP contribution >= 0.6 is 0 Å². The Labute approximate surface area is 80.4 Å². The van der Waals surface area contributed by atoms with Crippen molar-refractivity contribution in [3.63, 3.8) is 0 Å². The van der Waals surface area contributed by atoms with Crippen LogP contribution in [-0.2, 0) is 4.84 Å². The SMILES string of the molecule is CON=C1C=c2ccccc2=C[N+]1=O. The molecule has 0 aromatic heterocycles. The maximum absolute atomic E-state index is 11.4. The molecule has 0 amide bonds. The Morgan fingerprint density at radius 2 is 2.00 bits per heavy atom. The Hall–Kier alpha value is -1.97. The monoisotopic (exact) mass is 189 g/mol. The van der Waals surface area contributed by atoms with E-state index < -0.39 is 0 Å². The lowest BCUT2D eigenvalue weighted by Gasteiger charge is -1.94. The first-order chi connectivity index (χ1) is 6.81. The largest absolute Gasteiger partial charge is 0.412 e. The van der Waals surface area contributed by atoms with Crippen molar-refractivity contribution in [2.24, 2.45) is 5.16 Å². The second-order valence-electron chi connectivity index (χ2n) is 2.86. The molecule has 0 fully saturated rings. The van der Waals surface area contributed by atoms with Crippen LogP contribution in [0.3, 0.4) is 0 Å². The van der Waals surface area contributed by atoms with Crippen molar-refractivity contribution in [1.82, 2.24) is 0 Å². The molecule has 1 aliphatic rings.